The van der Waals surface area contributed by atoms with E-state index in [4.69, 9.17) is 0 Å². The fourth-order valence-corrected chi connectivity index (χ4v) is 1.84. The summed E-state index contributed by atoms with van der Waals surface area (Å²) in [6.07, 6.45) is 0. The van der Waals surface area contributed by atoms with Crippen LogP contribution >= 0.6 is 0 Å². The van der Waals surface area contributed by atoms with Crippen LogP contribution in [-0.4, -0.2) is 38.1 Å². The van der Waals surface area contributed by atoms with Crippen molar-refractivity contribution in [3.63, 3.8) is 0 Å². The van der Waals surface area contributed by atoms with Gasteiger partial charge in [0.05, 0.1) is 6.54 Å². The largest absolute Gasteiger partial charge is 0.508 e. The third kappa shape index (κ3) is 2.90. The number of amides is 1. The lowest BCUT2D eigenvalue weighted by Gasteiger charge is -2.16. The molecule has 0 unspecified atom stereocenters. The first kappa shape index (κ1) is 13.1. The molecule has 6 heteroatoms. The lowest BCUT2D eigenvalue weighted by molar-refractivity contribution is 0.0781. The van der Waals surface area contributed by atoms with E-state index < -0.39 is 0 Å². The van der Waals surface area contributed by atoms with E-state index in [1.165, 1.54) is 6.07 Å². The van der Waals surface area contributed by atoms with Crippen LogP contribution in [0.25, 0.3) is 0 Å². The van der Waals surface area contributed by atoms with Crippen molar-refractivity contribution in [3.05, 3.63) is 41.0 Å². The van der Waals surface area contributed by atoms with Crippen molar-refractivity contribution in [1.29, 1.82) is 0 Å². The molecule has 2 N–H and O–H groups in total. The van der Waals surface area contributed by atoms with Crippen molar-refractivity contribution in [2.24, 2.45) is 0 Å². The van der Waals surface area contributed by atoms with Crippen molar-refractivity contribution in [2.75, 3.05) is 7.05 Å². The molecule has 0 saturated carbocycles. The van der Waals surface area contributed by atoms with Gasteiger partial charge >= 0.3 is 0 Å². The van der Waals surface area contributed by atoms with Gasteiger partial charge in [0.2, 0.25) is 0 Å². The molecule has 100 valence electrons. The third-order valence-electron chi connectivity index (χ3n) is 2.81. The Bertz CT molecular complexity index is 606. The van der Waals surface area contributed by atoms with Crippen LogP contribution in [-0.2, 0) is 6.54 Å². The molecular formula is C13H16N4O2. The Morgan fingerprint density at radius 1 is 1.42 bits per heavy atom. The molecule has 0 atom stereocenters. The van der Waals surface area contributed by atoms with Crippen molar-refractivity contribution in [1.82, 2.24) is 20.1 Å². The highest BCUT2D eigenvalue weighted by Crippen LogP contribution is 2.17. The number of aryl methyl sites for hydroxylation is 2. The maximum absolute atomic E-state index is 12.3. The zero-order valence-electron chi connectivity index (χ0n) is 11.1. The van der Waals surface area contributed by atoms with Crippen LogP contribution in [0.15, 0.2) is 18.2 Å². The Kier molecular flexibility index (Phi) is 3.50. The first-order chi connectivity index (χ1) is 8.97. The Morgan fingerprint density at radius 3 is 2.74 bits per heavy atom. The van der Waals surface area contributed by atoms with Crippen LogP contribution in [0.2, 0.25) is 0 Å². The van der Waals surface area contributed by atoms with Crippen molar-refractivity contribution < 1.29 is 9.90 Å². The zero-order chi connectivity index (χ0) is 14.0. The van der Waals surface area contributed by atoms with Crippen molar-refractivity contribution in [3.8, 4) is 5.75 Å². The third-order valence-corrected chi connectivity index (χ3v) is 2.81. The summed E-state index contributed by atoms with van der Waals surface area (Å²) in [6, 6.07) is 4.69. The number of aromatic amines is 1. The summed E-state index contributed by atoms with van der Waals surface area (Å²) in [4.78, 5) is 18.0. The van der Waals surface area contributed by atoms with Gasteiger partial charge in [0, 0.05) is 12.6 Å². The summed E-state index contributed by atoms with van der Waals surface area (Å²) in [6.45, 7) is 3.93. The number of benzene rings is 1. The van der Waals surface area contributed by atoms with Gasteiger partial charge in [0.25, 0.3) is 5.91 Å². The predicted molar refractivity (Wildman–Crippen MR) is 69.8 cm³/mol. The number of aromatic nitrogens is 3. The van der Waals surface area contributed by atoms with Gasteiger partial charge in [-0.05, 0) is 37.6 Å². The number of carbonyl (C=O) groups is 1. The van der Waals surface area contributed by atoms with Crippen LogP contribution in [0.5, 0.6) is 5.75 Å². The standard InChI is InChI=1S/C13H16N4O2/c1-8-6-10(18)4-5-11(8)13(19)17(3)7-12-14-9(2)15-16-12/h4-6,18H,7H2,1-3H3,(H,14,15,16). The van der Waals surface area contributed by atoms with E-state index in [1.807, 2.05) is 6.92 Å². The van der Waals surface area contributed by atoms with Crippen LogP contribution in [0.4, 0.5) is 0 Å². The van der Waals surface area contributed by atoms with Crippen molar-refractivity contribution >= 4 is 5.91 Å². The number of hydrogen-bond acceptors (Lipinski definition) is 4. The Hall–Kier alpha value is -2.37. The average Bonchev–Trinajstić information content (AvgIpc) is 2.74. The number of phenols is 1. The van der Waals surface area contributed by atoms with Crippen LogP contribution in [0.3, 0.4) is 0 Å². The number of nitrogens with one attached hydrogen (secondary N) is 1. The molecule has 1 aromatic heterocycles. The lowest BCUT2D eigenvalue weighted by Crippen LogP contribution is -2.27. The van der Waals surface area contributed by atoms with Gasteiger partial charge in [0.15, 0.2) is 5.82 Å². The molecule has 1 aromatic carbocycles. The second kappa shape index (κ2) is 5.09. The maximum atomic E-state index is 12.3. The smallest absolute Gasteiger partial charge is 0.254 e. The molecule has 0 radical (unpaired) electrons. The SMILES string of the molecule is Cc1nc(CN(C)C(=O)c2ccc(O)cc2C)n[nH]1. The normalized spacial score (nSPS) is 10.5. The summed E-state index contributed by atoms with van der Waals surface area (Å²) in [5.74, 6) is 1.32. The number of aromatic hydroxyl groups is 1. The molecule has 2 rings (SSSR count). The van der Waals surface area contributed by atoms with Crippen LogP contribution < -0.4 is 0 Å². The molecule has 0 aliphatic carbocycles. The van der Waals surface area contributed by atoms with Gasteiger partial charge in [-0.25, -0.2) is 4.98 Å². The fraction of sp³-hybridized carbons (Fsp3) is 0.308. The van der Waals surface area contributed by atoms with Gasteiger partial charge in [0.1, 0.15) is 11.6 Å². The maximum Gasteiger partial charge on any atom is 0.254 e. The minimum atomic E-state index is -0.125. The number of nitrogens with zero attached hydrogens (tertiary/aromatic N) is 3. The quantitative estimate of drug-likeness (QED) is 0.874. The van der Waals surface area contributed by atoms with Gasteiger partial charge in [-0.1, -0.05) is 0 Å². The monoisotopic (exact) mass is 260 g/mol. The summed E-state index contributed by atoms with van der Waals surface area (Å²) >= 11 is 0. The Morgan fingerprint density at radius 2 is 2.16 bits per heavy atom. The molecule has 0 fully saturated rings. The van der Waals surface area contributed by atoms with E-state index in [0.29, 0.717) is 17.9 Å². The highest BCUT2D eigenvalue weighted by atomic mass is 16.3. The van der Waals surface area contributed by atoms with Gasteiger partial charge in [-0.15, -0.1) is 0 Å². The Labute approximate surface area is 111 Å². The molecule has 0 bridgehead atoms. The second-order valence-electron chi connectivity index (χ2n) is 4.50. The molecule has 0 aliphatic rings. The fourth-order valence-electron chi connectivity index (χ4n) is 1.84. The van der Waals surface area contributed by atoms with E-state index in [9.17, 15) is 9.90 Å². The number of hydrogen-bond donors (Lipinski definition) is 2. The lowest BCUT2D eigenvalue weighted by atomic mass is 10.1. The second-order valence-corrected chi connectivity index (χ2v) is 4.50. The first-order valence-electron chi connectivity index (χ1n) is 5.90. The molecule has 6 nitrogen and oxygen atoms in total. The van der Waals surface area contributed by atoms with Gasteiger partial charge in [-0.3, -0.25) is 9.89 Å². The summed E-state index contributed by atoms with van der Waals surface area (Å²) in [7, 11) is 1.69. The topological polar surface area (TPSA) is 82.1 Å². The average molecular weight is 260 g/mol. The highest BCUT2D eigenvalue weighted by molar-refractivity contribution is 5.95. The molecule has 1 amide bonds. The van der Waals surface area contributed by atoms with E-state index in [1.54, 1.807) is 31.0 Å². The van der Waals surface area contributed by atoms with Crippen LogP contribution in [0, 0.1) is 13.8 Å². The number of rotatable bonds is 3. The highest BCUT2D eigenvalue weighted by Gasteiger charge is 2.16. The summed E-state index contributed by atoms with van der Waals surface area (Å²) in [5, 5.41) is 16.1. The minimum Gasteiger partial charge on any atom is -0.508 e. The number of carbonyl (C=O) groups excluding carboxylic acids is 1. The molecule has 2 aromatic rings. The Balaban J connectivity index is 2.14. The predicted octanol–water partition coefficient (Wildman–Crippen LogP) is 1.40. The molecule has 0 aliphatic heterocycles. The van der Waals surface area contributed by atoms with Gasteiger partial charge < -0.3 is 10.0 Å². The van der Waals surface area contributed by atoms with E-state index >= 15 is 0 Å². The number of phenolic OH excluding ortho intramolecular Hbond substituents is 1. The summed E-state index contributed by atoms with van der Waals surface area (Å²) in [5.41, 5.74) is 1.30. The first-order valence-corrected chi connectivity index (χ1v) is 5.90. The van der Waals surface area contributed by atoms with E-state index in [-0.39, 0.29) is 11.7 Å². The van der Waals surface area contributed by atoms with E-state index in [0.717, 1.165) is 11.4 Å². The van der Waals surface area contributed by atoms with Gasteiger partial charge in [-0.2, -0.15) is 5.10 Å². The molecule has 1 heterocycles. The zero-order valence-corrected chi connectivity index (χ0v) is 11.1. The molecular weight excluding hydrogens is 244 g/mol. The molecule has 0 saturated heterocycles. The van der Waals surface area contributed by atoms with E-state index in [2.05, 4.69) is 15.2 Å². The minimum absolute atomic E-state index is 0.125. The molecule has 19 heavy (non-hydrogen) atoms. The van der Waals surface area contributed by atoms with Crippen molar-refractivity contribution in [2.45, 2.75) is 20.4 Å². The van der Waals surface area contributed by atoms with Crippen LogP contribution in [0.1, 0.15) is 27.6 Å². The number of H-pyrrole nitrogens is 1. The molecule has 0 spiro atoms. The summed E-state index contributed by atoms with van der Waals surface area (Å²) < 4.78 is 0.